The highest BCUT2D eigenvalue weighted by Gasteiger charge is 2.20. The van der Waals surface area contributed by atoms with E-state index in [9.17, 15) is 14.0 Å². The van der Waals surface area contributed by atoms with Crippen LogP contribution in [-0.2, 0) is 13.0 Å². The molecule has 7 nitrogen and oxygen atoms in total. The van der Waals surface area contributed by atoms with Crippen molar-refractivity contribution >= 4 is 12.1 Å². The fraction of sp³-hybridized carbons (Fsp3) is 0.263. The number of carbonyl (C=O) groups excluding carboxylic acids is 2. The number of hydrogen-bond donors (Lipinski definition) is 0. The van der Waals surface area contributed by atoms with Crippen LogP contribution in [0.2, 0.25) is 0 Å². The molecule has 0 N–H and O–H groups in total. The lowest BCUT2D eigenvalue weighted by atomic mass is 9.99. The number of imidazole rings is 1. The number of Topliss-reactive ketones (excluding diaryl/α,β-unsaturated/α-hetero) is 1. The van der Waals surface area contributed by atoms with Gasteiger partial charge in [0.15, 0.2) is 23.7 Å². The topological polar surface area (TPSA) is 90.6 Å². The number of pyridine rings is 1. The molecular formula is C19H18FN5O2. The Labute approximate surface area is 155 Å². The Balaban J connectivity index is 2.07. The van der Waals surface area contributed by atoms with Crippen molar-refractivity contribution in [3.63, 3.8) is 0 Å². The molecule has 138 valence electrons. The summed E-state index contributed by atoms with van der Waals surface area (Å²) in [4.78, 5) is 31.6. The summed E-state index contributed by atoms with van der Waals surface area (Å²) in [7, 11) is 0. The Morgan fingerprint density at radius 2 is 2.07 bits per heavy atom. The molecular weight excluding hydrogens is 349 g/mol. The summed E-state index contributed by atoms with van der Waals surface area (Å²) >= 11 is 0. The number of rotatable bonds is 7. The van der Waals surface area contributed by atoms with Crippen LogP contribution in [-0.4, -0.2) is 36.8 Å². The predicted octanol–water partition coefficient (Wildman–Crippen LogP) is 2.89. The lowest BCUT2D eigenvalue weighted by molar-refractivity contribution is 0.0998. The zero-order chi connectivity index (χ0) is 19.4. The second kappa shape index (κ2) is 7.94. The van der Waals surface area contributed by atoms with Crippen LogP contribution >= 0.6 is 0 Å². The summed E-state index contributed by atoms with van der Waals surface area (Å²) < 4.78 is 15.8. The molecule has 3 heterocycles. The van der Waals surface area contributed by atoms with Crippen LogP contribution in [0.4, 0.5) is 4.39 Å². The van der Waals surface area contributed by atoms with Gasteiger partial charge in [0, 0.05) is 25.5 Å². The van der Waals surface area contributed by atoms with E-state index in [0.717, 1.165) is 6.42 Å². The van der Waals surface area contributed by atoms with Gasteiger partial charge in [-0.3, -0.25) is 9.59 Å². The maximum Gasteiger partial charge on any atom is 0.180 e. The van der Waals surface area contributed by atoms with E-state index in [0.29, 0.717) is 29.8 Å². The number of nitrogens with zero attached hydrogens (tertiary/aromatic N) is 5. The Hall–Kier alpha value is -3.29. The molecule has 0 aliphatic carbocycles. The molecule has 0 saturated carbocycles. The summed E-state index contributed by atoms with van der Waals surface area (Å²) in [6.07, 6.45) is 6.70. The van der Waals surface area contributed by atoms with Crippen LogP contribution in [0.15, 0.2) is 30.7 Å². The van der Waals surface area contributed by atoms with Crippen molar-refractivity contribution in [1.29, 1.82) is 0 Å². The van der Waals surface area contributed by atoms with Gasteiger partial charge >= 0.3 is 0 Å². The molecule has 3 aromatic rings. The molecule has 0 spiro atoms. The fourth-order valence-electron chi connectivity index (χ4n) is 2.93. The number of aromatic nitrogens is 5. The molecule has 0 fully saturated rings. The summed E-state index contributed by atoms with van der Waals surface area (Å²) in [5, 5.41) is 8.10. The molecule has 0 aliphatic rings. The van der Waals surface area contributed by atoms with Gasteiger partial charge in [0.2, 0.25) is 0 Å². The van der Waals surface area contributed by atoms with E-state index in [1.165, 1.54) is 25.3 Å². The molecule has 3 rings (SSSR count). The van der Waals surface area contributed by atoms with Crippen molar-refractivity contribution in [3.05, 3.63) is 59.1 Å². The van der Waals surface area contributed by atoms with Gasteiger partial charge in [-0.2, -0.15) is 5.10 Å². The first-order chi connectivity index (χ1) is 13.1. The number of ketones is 1. The third kappa shape index (κ3) is 3.64. The first kappa shape index (κ1) is 18.5. The Bertz CT molecular complexity index is 1000. The molecule has 0 atom stereocenters. The smallest absolute Gasteiger partial charge is 0.180 e. The largest absolute Gasteiger partial charge is 0.324 e. The second-order valence-corrected chi connectivity index (χ2v) is 6.02. The average Bonchev–Trinajstić information content (AvgIpc) is 3.11. The minimum atomic E-state index is -0.481. The third-order valence-electron chi connectivity index (χ3n) is 4.16. The van der Waals surface area contributed by atoms with E-state index in [1.54, 1.807) is 17.0 Å². The van der Waals surface area contributed by atoms with E-state index in [4.69, 9.17) is 0 Å². The maximum atomic E-state index is 14.1. The van der Waals surface area contributed by atoms with Crippen LogP contribution in [0.1, 0.15) is 52.4 Å². The summed E-state index contributed by atoms with van der Waals surface area (Å²) in [5.74, 6) is -0.446. The van der Waals surface area contributed by atoms with Gasteiger partial charge in [0.25, 0.3) is 0 Å². The summed E-state index contributed by atoms with van der Waals surface area (Å²) in [5.41, 5.74) is 1.68. The number of carbonyl (C=O) groups is 2. The van der Waals surface area contributed by atoms with Gasteiger partial charge in [-0.1, -0.05) is 13.3 Å². The van der Waals surface area contributed by atoms with Crippen molar-refractivity contribution in [2.24, 2.45) is 0 Å². The van der Waals surface area contributed by atoms with Gasteiger partial charge in [0.05, 0.1) is 17.8 Å². The van der Waals surface area contributed by atoms with Crippen LogP contribution < -0.4 is 0 Å². The number of aldehydes is 1. The van der Waals surface area contributed by atoms with Gasteiger partial charge in [0.1, 0.15) is 11.4 Å². The Morgan fingerprint density at radius 1 is 1.26 bits per heavy atom. The van der Waals surface area contributed by atoms with Gasteiger partial charge in [-0.25, -0.2) is 14.4 Å². The first-order valence-electron chi connectivity index (χ1n) is 8.53. The van der Waals surface area contributed by atoms with Gasteiger partial charge in [-0.05, 0) is 24.1 Å². The predicted molar refractivity (Wildman–Crippen MR) is 95.9 cm³/mol. The van der Waals surface area contributed by atoms with Crippen molar-refractivity contribution in [2.75, 3.05) is 0 Å². The van der Waals surface area contributed by atoms with E-state index >= 15 is 0 Å². The molecule has 0 saturated heterocycles. The summed E-state index contributed by atoms with van der Waals surface area (Å²) in [6.45, 7) is 3.55. The molecule has 27 heavy (non-hydrogen) atoms. The van der Waals surface area contributed by atoms with E-state index < -0.39 is 5.82 Å². The number of hydrogen-bond acceptors (Lipinski definition) is 6. The van der Waals surface area contributed by atoms with Crippen molar-refractivity contribution in [3.8, 4) is 11.5 Å². The Morgan fingerprint density at radius 3 is 2.74 bits per heavy atom. The first-order valence-corrected chi connectivity index (χ1v) is 8.53. The number of halogens is 1. The standard InChI is InChI=1S/C19H18FN5O2/c1-3-5-13-14(11-26)17(12(2)27)24-23-16(13)10-25-9-8-22-19(25)18-15(20)6-4-7-21-18/h4,6-9,11H,3,5,10H2,1-2H3. The van der Waals surface area contributed by atoms with Crippen LogP contribution in [0, 0.1) is 5.82 Å². The van der Waals surface area contributed by atoms with E-state index in [2.05, 4.69) is 20.2 Å². The highest BCUT2D eigenvalue weighted by molar-refractivity contribution is 6.00. The minimum Gasteiger partial charge on any atom is -0.324 e. The highest BCUT2D eigenvalue weighted by atomic mass is 19.1. The minimum absolute atomic E-state index is 0.0684. The van der Waals surface area contributed by atoms with Crippen molar-refractivity contribution in [2.45, 2.75) is 33.2 Å². The lowest BCUT2D eigenvalue weighted by Crippen LogP contribution is -2.15. The molecule has 0 unspecified atom stereocenters. The molecule has 0 radical (unpaired) electrons. The zero-order valence-electron chi connectivity index (χ0n) is 15.0. The fourth-order valence-corrected chi connectivity index (χ4v) is 2.93. The van der Waals surface area contributed by atoms with Crippen molar-refractivity contribution in [1.82, 2.24) is 24.7 Å². The van der Waals surface area contributed by atoms with Gasteiger partial charge < -0.3 is 4.57 Å². The molecule has 0 amide bonds. The molecule has 3 aromatic heterocycles. The van der Waals surface area contributed by atoms with E-state index in [1.807, 2.05) is 6.92 Å². The van der Waals surface area contributed by atoms with Crippen LogP contribution in [0.5, 0.6) is 0 Å². The quantitative estimate of drug-likeness (QED) is 0.471. The highest BCUT2D eigenvalue weighted by Crippen LogP contribution is 2.22. The normalized spacial score (nSPS) is 10.8. The molecule has 8 heteroatoms. The zero-order valence-corrected chi connectivity index (χ0v) is 15.0. The van der Waals surface area contributed by atoms with Crippen LogP contribution in [0.25, 0.3) is 11.5 Å². The molecule has 0 bridgehead atoms. The summed E-state index contributed by atoms with van der Waals surface area (Å²) in [6, 6.07) is 2.82. The van der Waals surface area contributed by atoms with E-state index in [-0.39, 0.29) is 29.3 Å². The monoisotopic (exact) mass is 367 g/mol. The third-order valence-corrected chi connectivity index (χ3v) is 4.16. The maximum absolute atomic E-state index is 14.1. The van der Waals surface area contributed by atoms with Crippen molar-refractivity contribution < 1.29 is 14.0 Å². The average molecular weight is 367 g/mol. The van der Waals surface area contributed by atoms with Gasteiger partial charge in [-0.15, -0.1) is 5.10 Å². The molecule has 0 aromatic carbocycles. The van der Waals surface area contributed by atoms with Crippen LogP contribution in [0.3, 0.4) is 0 Å². The SMILES string of the molecule is CCCc1c(Cn2ccnc2-c2ncccc2F)nnc(C(C)=O)c1C=O. The Kier molecular flexibility index (Phi) is 5.44. The molecule has 0 aliphatic heterocycles. The lowest BCUT2D eigenvalue weighted by Gasteiger charge is -2.14. The second-order valence-electron chi connectivity index (χ2n) is 6.02.